The van der Waals surface area contributed by atoms with E-state index in [0.29, 0.717) is 0 Å². The second-order valence-electron chi connectivity index (χ2n) is 5.33. The molecule has 0 rings (SSSR count). The summed E-state index contributed by atoms with van der Waals surface area (Å²) in [5.74, 6) is 0. The van der Waals surface area contributed by atoms with Gasteiger partial charge in [-0.15, -0.1) is 0 Å². The molecule has 1 heteroatoms. The van der Waals surface area contributed by atoms with Crippen LogP contribution in [0.4, 0.5) is 0 Å². The van der Waals surface area contributed by atoms with Crippen molar-refractivity contribution in [3.63, 3.8) is 0 Å². The minimum Gasteiger partial charge on any atom is -0.0929 e. The standard InChI is InChI=1S/C14H28S/c1-4-5-6-7-8-9-10-11-12-14(2,3)13-15/h13H,4-12H2,1-3H3. The lowest BCUT2D eigenvalue weighted by atomic mass is 9.89. The molecule has 0 fully saturated rings. The van der Waals surface area contributed by atoms with Gasteiger partial charge in [0.1, 0.15) is 0 Å². The molecule has 0 radical (unpaired) electrons. The summed E-state index contributed by atoms with van der Waals surface area (Å²) < 4.78 is 0. The van der Waals surface area contributed by atoms with Crippen molar-refractivity contribution in [3.8, 4) is 0 Å². The van der Waals surface area contributed by atoms with Crippen molar-refractivity contribution in [1.82, 2.24) is 0 Å². The van der Waals surface area contributed by atoms with Crippen molar-refractivity contribution in [3.05, 3.63) is 0 Å². The first-order valence-electron chi connectivity index (χ1n) is 6.59. The molecule has 0 spiro atoms. The van der Waals surface area contributed by atoms with Crippen LogP contribution in [0.2, 0.25) is 0 Å². The molecular weight excluding hydrogens is 200 g/mol. The molecule has 0 aliphatic carbocycles. The maximum atomic E-state index is 5.01. The average molecular weight is 228 g/mol. The molecular formula is C14H28S. The van der Waals surface area contributed by atoms with Gasteiger partial charge in [-0.1, -0.05) is 84.4 Å². The highest BCUT2D eigenvalue weighted by Gasteiger charge is 2.12. The van der Waals surface area contributed by atoms with Crippen LogP contribution in [0, 0.1) is 5.41 Å². The van der Waals surface area contributed by atoms with Crippen LogP contribution in [0.25, 0.3) is 0 Å². The monoisotopic (exact) mass is 228 g/mol. The normalized spacial score (nSPS) is 11.7. The Kier molecular flexibility index (Phi) is 9.38. The molecule has 0 aliphatic heterocycles. The van der Waals surface area contributed by atoms with E-state index in [2.05, 4.69) is 20.8 Å². The Hall–Kier alpha value is 0.0900. The van der Waals surface area contributed by atoms with E-state index in [0.717, 1.165) is 0 Å². The molecule has 0 heterocycles. The molecule has 0 unspecified atom stereocenters. The molecule has 0 aromatic heterocycles. The molecule has 0 aromatic carbocycles. The molecule has 0 amide bonds. The third-order valence-corrected chi connectivity index (χ3v) is 3.63. The maximum absolute atomic E-state index is 5.01. The number of thiocarbonyl (C=S) groups is 1. The summed E-state index contributed by atoms with van der Waals surface area (Å²) in [6.45, 7) is 6.75. The van der Waals surface area contributed by atoms with Crippen molar-refractivity contribution in [1.29, 1.82) is 0 Å². The summed E-state index contributed by atoms with van der Waals surface area (Å²) in [6, 6.07) is 0. The zero-order chi connectivity index (χ0) is 11.6. The third kappa shape index (κ3) is 10.4. The van der Waals surface area contributed by atoms with Gasteiger partial charge < -0.3 is 0 Å². The van der Waals surface area contributed by atoms with Gasteiger partial charge in [0, 0.05) is 0 Å². The van der Waals surface area contributed by atoms with Gasteiger partial charge in [-0.25, -0.2) is 0 Å². The van der Waals surface area contributed by atoms with E-state index in [1.54, 1.807) is 0 Å². The smallest absolute Gasteiger partial charge is 0.00702 e. The van der Waals surface area contributed by atoms with Crippen LogP contribution in [0.15, 0.2) is 0 Å². The lowest BCUT2D eigenvalue weighted by Crippen LogP contribution is -2.10. The van der Waals surface area contributed by atoms with E-state index >= 15 is 0 Å². The van der Waals surface area contributed by atoms with Crippen LogP contribution >= 0.6 is 12.2 Å². The second-order valence-corrected chi connectivity index (χ2v) is 5.57. The molecule has 0 saturated carbocycles. The van der Waals surface area contributed by atoms with Crippen LogP contribution in [0.5, 0.6) is 0 Å². The predicted molar refractivity (Wildman–Crippen MR) is 74.7 cm³/mol. The van der Waals surface area contributed by atoms with Crippen molar-refractivity contribution in [2.45, 2.75) is 78.6 Å². The molecule has 0 N–H and O–H groups in total. The summed E-state index contributed by atoms with van der Waals surface area (Å²) in [5, 5.41) is 1.92. The Morgan fingerprint density at radius 1 is 0.867 bits per heavy atom. The molecule has 0 atom stereocenters. The van der Waals surface area contributed by atoms with E-state index in [9.17, 15) is 0 Å². The second kappa shape index (κ2) is 9.33. The lowest BCUT2D eigenvalue weighted by Gasteiger charge is -2.17. The van der Waals surface area contributed by atoms with E-state index in [1.807, 2.05) is 5.37 Å². The van der Waals surface area contributed by atoms with Crippen LogP contribution in [-0.4, -0.2) is 5.37 Å². The van der Waals surface area contributed by atoms with Gasteiger partial charge in [-0.05, 0) is 17.2 Å². The zero-order valence-corrected chi connectivity index (χ0v) is 11.7. The molecule has 0 aromatic rings. The Bertz CT molecular complexity index is 149. The number of rotatable bonds is 10. The van der Waals surface area contributed by atoms with Crippen molar-refractivity contribution >= 4 is 17.6 Å². The summed E-state index contributed by atoms with van der Waals surface area (Å²) >= 11 is 5.01. The SMILES string of the molecule is CCCCCCCCCCC(C)(C)C=S. The molecule has 90 valence electrons. The van der Waals surface area contributed by atoms with Gasteiger partial charge in [0.25, 0.3) is 0 Å². The fourth-order valence-corrected chi connectivity index (χ4v) is 1.89. The van der Waals surface area contributed by atoms with Gasteiger partial charge in [0.15, 0.2) is 0 Å². The summed E-state index contributed by atoms with van der Waals surface area (Å²) in [4.78, 5) is 0. The van der Waals surface area contributed by atoms with E-state index in [-0.39, 0.29) is 5.41 Å². The first-order chi connectivity index (χ1) is 7.12. The first-order valence-corrected chi connectivity index (χ1v) is 7.06. The number of unbranched alkanes of at least 4 members (excludes halogenated alkanes) is 7. The van der Waals surface area contributed by atoms with Crippen LogP contribution in [0.1, 0.15) is 78.6 Å². The fourth-order valence-electron chi connectivity index (χ4n) is 1.77. The van der Waals surface area contributed by atoms with E-state index in [4.69, 9.17) is 12.2 Å². The van der Waals surface area contributed by atoms with E-state index < -0.39 is 0 Å². The average Bonchev–Trinajstić information content (AvgIpc) is 2.22. The maximum Gasteiger partial charge on any atom is -0.00702 e. The fraction of sp³-hybridized carbons (Fsp3) is 0.929. The Labute approximate surface area is 102 Å². The van der Waals surface area contributed by atoms with Gasteiger partial charge in [-0.2, -0.15) is 0 Å². The highest BCUT2D eigenvalue weighted by atomic mass is 32.1. The number of hydrogen-bond donors (Lipinski definition) is 0. The highest BCUT2D eigenvalue weighted by molar-refractivity contribution is 7.79. The Morgan fingerprint density at radius 3 is 1.80 bits per heavy atom. The van der Waals surface area contributed by atoms with Crippen LogP contribution in [0.3, 0.4) is 0 Å². The highest BCUT2D eigenvalue weighted by Crippen LogP contribution is 2.21. The summed E-state index contributed by atoms with van der Waals surface area (Å²) in [5.41, 5.74) is 0.275. The third-order valence-electron chi connectivity index (χ3n) is 2.99. The largest absolute Gasteiger partial charge is 0.0929 e. The van der Waals surface area contributed by atoms with Crippen molar-refractivity contribution in [2.24, 2.45) is 5.41 Å². The molecule has 0 nitrogen and oxygen atoms in total. The quantitative estimate of drug-likeness (QED) is 0.349. The first kappa shape index (κ1) is 15.1. The molecule has 0 saturated heterocycles. The lowest BCUT2D eigenvalue weighted by molar-refractivity contribution is 0.449. The van der Waals surface area contributed by atoms with Crippen LogP contribution < -0.4 is 0 Å². The summed E-state index contributed by atoms with van der Waals surface area (Å²) in [7, 11) is 0. The number of hydrogen-bond acceptors (Lipinski definition) is 1. The summed E-state index contributed by atoms with van der Waals surface area (Å²) in [6.07, 6.45) is 12.5. The molecule has 0 bridgehead atoms. The van der Waals surface area contributed by atoms with Gasteiger partial charge in [-0.3, -0.25) is 0 Å². The van der Waals surface area contributed by atoms with Crippen molar-refractivity contribution in [2.75, 3.05) is 0 Å². The predicted octanol–water partition coefficient (Wildman–Crippen LogP) is 5.54. The zero-order valence-electron chi connectivity index (χ0n) is 10.8. The Balaban J connectivity index is 3.15. The molecule has 0 aliphatic rings. The van der Waals surface area contributed by atoms with Gasteiger partial charge in [0.2, 0.25) is 0 Å². The minimum atomic E-state index is 0.275. The van der Waals surface area contributed by atoms with Gasteiger partial charge >= 0.3 is 0 Å². The van der Waals surface area contributed by atoms with Crippen LogP contribution in [-0.2, 0) is 0 Å². The minimum absolute atomic E-state index is 0.275. The molecule has 15 heavy (non-hydrogen) atoms. The van der Waals surface area contributed by atoms with Gasteiger partial charge in [0.05, 0.1) is 0 Å². The van der Waals surface area contributed by atoms with E-state index in [1.165, 1.54) is 57.8 Å². The van der Waals surface area contributed by atoms with Crippen molar-refractivity contribution < 1.29 is 0 Å². The topological polar surface area (TPSA) is 0 Å². The Morgan fingerprint density at radius 2 is 1.33 bits per heavy atom.